The zero-order chi connectivity index (χ0) is 26.2. The van der Waals surface area contributed by atoms with Crippen molar-refractivity contribution in [1.82, 2.24) is 0 Å². The molecule has 0 atom stereocenters. The highest BCUT2D eigenvalue weighted by Gasteiger charge is 2.23. The van der Waals surface area contributed by atoms with Crippen LogP contribution in [0.25, 0.3) is 0 Å². The standard InChI is InChI=1S/C34H24N2S2/c35-23-29-21-31(37-33(25-13-5-1-6-14-25)26-15-7-2-8-16-26)32(22-30(29)24-36)38-34(27-17-9-3-10-18-27)28-19-11-4-12-20-28/h1-22,33-34H. The fraction of sp³-hybridized carbons (Fsp3) is 0.0588. The molecule has 0 amide bonds. The van der Waals surface area contributed by atoms with Crippen molar-refractivity contribution in [2.24, 2.45) is 0 Å². The Morgan fingerprint density at radius 1 is 0.421 bits per heavy atom. The Morgan fingerprint density at radius 3 is 0.921 bits per heavy atom. The first-order valence-corrected chi connectivity index (χ1v) is 14.0. The number of benzene rings is 5. The van der Waals surface area contributed by atoms with Crippen molar-refractivity contribution < 1.29 is 0 Å². The van der Waals surface area contributed by atoms with Crippen LogP contribution in [0, 0.1) is 22.7 Å². The third-order valence-electron chi connectivity index (χ3n) is 6.22. The van der Waals surface area contributed by atoms with Crippen LogP contribution in [-0.4, -0.2) is 0 Å². The molecule has 0 saturated heterocycles. The lowest BCUT2D eigenvalue weighted by atomic mass is 10.0. The minimum atomic E-state index is 0.0307. The maximum absolute atomic E-state index is 9.85. The van der Waals surface area contributed by atoms with Gasteiger partial charge in [0.2, 0.25) is 0 Å². The first-order chi connectivity index (χ1) is 18.8. The van der Waals surface area contributed by atoms with Gasteiger partial charge in [-0.15, -0.1) is 23.5 Å². The van der Waals surface area contributed by atoms with Crippen LogP contribution in [0.1, 0.15) is 43.9 Å². The third-order valence-corrected chi connectivity index (χ3v) is 9.10. The van der Waals surface area contributed by atoms with Gasteiger partial charge in [0.25, 0.3) is 0 Å². The molecule has 4 heteroatoms. The highest BCUT2D eigenvalue weighted by atomic mass is 32.2. The topological polar surface area (TPSA) is 47.6 Å². The van der Waals surface area contributed by atoms with E-state index in [2.05, 4.69) is 109 Å². The first-order valence-electron chi connectivity index (χ1n) is 12.3. The Labute approximate surface area is 232 Å². The first kappa shape index (κ1) is 25.4. The van der Waals surface area contributed by atoms with Crippen molar-refractivity contribution in [1.29, 1.82) is 10.5 Å². The van der Waals surface area contributed by atoms with Crippen LogP contribution in [0.5, 0.6) is 0 Å². The van der Waals surface area contributed by atoms with Gasteiger partial charge >= 0.3 is 0 Å². The molecular formula is C34H24N2S2. The van der Waals surface area contributed by atoms with E-state index >= 15 is 0 Å². The van der Waals surface area contributed by atoms with E-state index in [1.807, 2.05) is 36.4 Å². The summed E-state index contributed by atoms with van der Waals surface area (Å²) in [6.07, 6.45) is 0. The summed E-state index contributed by atoms with van der Waals surface area (Å²) in [6.45, 7) is 0. The Kier molecular flexibility index (Phi) is 8.26. The van der Waals surface area contributed by atoms with E-state index in [1.54, 1.807) is 23.5 Å². The molecule has 0 N–H and O–H groups in total. The monoisotopic (exact) mass is 524 g/mol. The molecule has 0 saturated carbocycles. The van der Waals surface area contributed by atoms with Crippen LogP contribution in [0.3, 0.4) is 0 Å². The van der Waals surface area contributed by atoms with Gasteiger partial charge in [0.1, 0.15) is 12.1 Å². The second kappa shape index (κ2) is 12.3. The van der Waals surface area contributed by atoms with Crippen molar-refractivity contribution in [3.8, 4) is 12.1 Å². The predicted molar refractivity (Wildman–Crippen MR) is 157 cm³/mol. The van der Waals surface area contributed by atoms with Gasteiger partial charge in [-0.3, -0.25) is 0 Å². The zero-order valence-electron chi connectivity index (χ0n) is 20.6. The van der Waals surface area contributed by atoms with E-state index in [1.165, 1.54) is 22.3 Å². The molecule has 0 radical (unpaired) electrons. The molecule has 0 aliphatic heterocycles. The highest BCUT2D eigenvalue weighted by Crippen LogP contribution is 2.49. The van der Waals surface area contributed by atoms with Crippen molar-refractivity contribution in [2.45, 2.75) is 20.3 Å². The molecule has 0 spiro atoms. The Bertz CT molecular complexity index is 1370. The molecule has 2 nitrogen and oxygen atoms in total. The average molecular weight is 525 g/mol. The number of hydrogen-bond acceptors (Lipinski definition) is 4. The van der Waals surface area contributed by atoms with Gasteiger partial charge in [-0.05, 0) is 34.4 Å². The van der Waals surface area contributed by atoms with Gasteiger partial charge in [0.05, 0.1) is 21.6 Å². The normalized spacial score (nSPS) is 10.7. The molecule has 0 heterocycles. The number of nitriles is 2. The SMILES string of the molecule is N#Cc1cc(SC(c2ccccc2)c2ccccc2)c(SC(c2ccccc2)c2ccccc2)cc1C#N. The second-order valence-electron chi connectivity index (χ2n) is 8.71. The summed E-state index contributed by atoms with van der Waals surface area (Å²) >= 11 is 3.44. The maximum atomic E-state index is 9.85. The summed E-state index contributed by atoms with van der Waals surface area (Å²) in [5.74, 6) is 0. The van der Waals surface area contributed by atoms with E-state index < -0.39 is 0 Å². The number of rotatable bonds is 8. The lowest BCUT2D eigenvalue weighted by Gasteiger charge is -2.23. The highest BCUT2D eigenvalue weighted by molar-refractivity contribution is 8.02. The molecular weight excluding hydrogens is 501 g/mol. The van der Waals surface area contributed by atoms with Gasteiger partial charge in [-0.2, -0.15) is 10.5 Å². The van der Waals surface area contributed by atoms with Crippen LogP contribution in [-0.2, 0) is 0 Å². The Balaban J connectivity index is 1.63. The van der Waals surface area contributed by atoms with Crippen LogP contribution >= 0.6 is 23.5 Å². The smallest absolute Gasteiger partial charge is 0.101 e. The summed E-state index contributed by atoms with van der Waals surface area (Å²) in [6, 6.07) is 49.9. The van der Waals surface area contributed by atoms with E-state index in [4.69, 9.17) is 0 Å². The maximum Gasteiger partial charge on any atom is 0.101 e. The number of thioether (sulfide) groups is 2. The van der Waals surface area contributed by atoms with Crippen molar-refractivity contribution in [3.63, 3.8) is 0 Å². The van der Waals surface area contributed by atoms with Crippen molar-refractivity contribution in [3.05, 3.63) is 167 Å². The van der Waals surface area contributed by atoms with E-state index in [-0.39, 0.29) is 10.5 Å². The fourth-order valence-electron chi connectivity index (χ4n) is 4.35. The van der Waals surface area contributed by atoms with E-state index in [0.29, 0.717) is 11.1 Å². The predicted octanol–water partition coefficient (Wildman–Crippen LogP) is 9.19. The van der Waals surface area contributed by atoms with Crippen LogP contribution in [0.4, 0.5) is 0 Å². The number of hydrogen-bond donors (Lipinski definition) is 0. The van der Waals surface area contributed by atoms with Gasteiger partial charge in [-0.1, -0.05) is 121 Å². The zero-order valence-corrected chi connectivity index (χ0v) is 22.2. The Morgan fingerprint density at radius 2 is 0.684 bits per heavy atom. The van der Waals surface area contributed by atoms with Gasteiger partial charge < -0.3 is 0 Å². The molecule has 182 valence electrons. The summed E-state index contributed by atoms with van der Waals surface area (Å²) in [7, 11) is 0. The second-order valence-corrected chi connectivity index (χ2v) is 11.0. The Hall–Kier alpha value is -4.22. The lowest BCUT2D eigenvalue weighted by molar-refractivity contribution is 1.11. The minimum absolute atomic E-state index is 0.0307. The van der Waals surface area contributed by atoms with Crippen LogP contribution in [0.2, 0.25) is 0 Å². The van der Waals surface area contributed by atoms with Crippen LogP contribution in [0.15, 0.2) is 143 Å². The largest absolute Gasteiger partial charge is 0.192 e. The van der Waals surface area contributed by atoms with Gasteiger partial charge in [0.15, 0.2) is 0 Å². The van der Waals surface area contributed by atoms with Crippen molar-refractivity contribution in [2.75, 3.05) is 0 Å². The fourth-order valence-corrected chi connectivity index (χ4v) is 7.04. The van der Waals surface area contributed by atoms with Crippen molar-refractivity contribution >= 4 is 23.5 Å². The molecule has 0 aliphatic carbocycles. The summed E-state index contributed by atoms with van der Waals surface area (Å²) in [5, 5.41) is 19.8. The quantitative estimate of drug-likeness (QED) is 0.190. The summed E-state index contributed by atoms with van der Waals surface area (Å²) < 4.78 is 0. The van der Waals surface area contributed by atoms with Gasteiger partial charge in [-0.25, -0.2) is 0 Å². The minimum Gasteiger partial charge on any atom is -0.192 e. The summed E-state index contributed by atoms with van der Waals surface area (Å²) in [5.41, 5.74) is 5.54. The molecule has 0 bridgehead atoms. The lowest BCUT2D eigenvalue weighted by Crippen LogP contribution is -2.00. The summed E-state index contributed by atoms with van der Waals surface area (Å²) in [4.78, 5) is 1.97. The molecule has 38 heavy (non-hydrogen) atoms. The van der Waals surface area contributed by atoms with Gasteiger partial charge in [0, 0.05) is 9.79 Å². The molecule has 5 aromatic rings. The molecule has 0 fully saturated rings. The molecule has 0 unspecified atom stereocenters. The molecule has 5 aromatic carbocycles. The van der Waals surface area contributed by atoms with E-state index in [9.17, 15) is 10.5 Å². The average Bonchev–Trinajstić information content (AvgIpc) is 3.00. The van der Waals surface area contributed by atoms with Crippen LogP contribution < -0.4 is 0 Å². The molecule has 0 aromatic heterocycles. The molecule has 5 rings (SSSR count). The molecule has 0 aliphatic rings. The third kappa shape index (κ3) is 5.84. The van der Waals surface area contributed by atoms with E-state index in [0.717, 1.165) is 9.79 Å². The number of nitrogens with zero attached hydrogens (tertiary/aromatic N) is 2.